The van der Waals surface area contributed by atoms with Crippen molar-refractivity contribution >= 4 is 29.6 Å². The minimum absolute atomic E-state index is 0.0568. The molecular weight excluding hydrogens is 556 g/mol. The summed E-state index contributed by atoms with van der Waals surface area (Å²) in [4.78, 5) is 36.0. The fourth-order valence-corrected chi connectivity index (χ4v) is 6.22. The van der Waals surface area contributed by atoms with E-state index >= 15 is 0 Å². The lowest BCUT2D eigenvalue weighted by atomic mass is 9.60. The second kappa shape index (κ2) is 12.7. The van der Waals surface area contributed by atoms with Gasteiger partial charge in [-0.2, -0.15) is 0 Å². The van der Waals surface area contributed by atoms with E-state index in [9.17, 15) is 9.59 Å². The van der Waals surface area contributed by atoms with E-state index in [0.717, 1.165) is 65.9 Å². The molecule has 1 saturated carbocycles. The number of amides is 2. The lowest BCUT2D eigenvalue weighted by molar-refractivity contribution is -0.0151. The van der Waals surface area contributed by atoms with Crippen molar-refractivity contribution in [2.45, 2.75) is 78.0 Å². The highest BCUT2D eigenvalue weighted by molar-refractivity contribution is 5.94. The van der Waals surface area contributed by atoms with Crippen molar-refractivity contribution in [1.29, 1.82) is 0 Å². The standard InChI is InChI=1S/C34H44N6O4/c1-22(9-13-36-23(2)35)28-21-38-30(27-10-16-43-29(27)28)37-20-24-7-6-8-25(17-24)31(41)39-26-18-34(19-26)11-14-40(15-12-34)32(42)44-33(3,4)5/h6-9,13,17,21,26H,2,10-12,14-16,18-20,35H2,1,3-5H3,(H,37,38)(H,39,41)/b22-9+,36-13?. The monoisotopic (exact) mass is 600 g/mol. The molecule has 2 aromatic rings. The Hall–Kier alpha value is -4.34. The van der Waals surface area contributed by atoms with E-state index in [-0.39, 0.29) is 29.3 Å². The van der Waals surface area contributed by atoms with Crippen molar-refractivity contribution in [2.75, 3.05) is 25.0 Å². The van der Waals surface area contributed by atoms with E-state index < -0.39 is 5.60 Å². The average Bonchev–Trinajstić information content (AvgIpc) is 3.45. The highest BCUT2D eigenvalue weighted by Crippen LogP contribution is 2.49. The summed E-state index contributed by atoms with van der Waals surface area (Å²) >= 11 is 0. The summed E-state index contributed by atoms with van der Waals surface area (Å²) in [5, 5.41) is 6.67. The van der Waals surface area contributed by atoms with Crippen LogP contribution in [-0.2, 0) is 17.7 Å². The third kappa shape index (κ3) is 7.41. The molecule has 2 fully saturated rings. The zero-order valence-electron chi connectivity index (χ0n) is 26.2. The Balaban J connectivity index is 1.13. The van der Waals surface area contributed by atoms with Crippen molar-refractivity contribution in [3.63, 3.8) is 0 Å². The van der Waals surface area contributed by atoms with Gasteiger partial charge in [0.05, 0.1) is 6.61 Å². The van der Waals surface area contributed by atoms with E-state index in [4.69, 9.17) is 15.2 Å². The molecule has 10 nitrogen and oxygen atoms in total. The van der Waals surface area contributed by atoms with Crippen LogP contribution in [0.15, 0.2) is 53.9 Å². The Morgan fingerprint density at radius 3 is 2.73 bits per heavy atom. The SMILES string of the molecule is C=C(N)N=C/C=C(\C)c1cnc(NCc2cccc(C(=O)NC3CC4(CCN(C(=O)OC(C)(C)C)CC4)C3)c2)c2c1OCC2. The van der Waals surface area contributed by atoms with Gasteiger partial charge in [0.1, 0.15) is 23.0 Å². The molecule has 3 aliphatic rings. The summed E-state index contributed by atoms with van der Waals surface area (Å²) in [5.41, 5.74) is 9.79. The lowest BCUT2D eigenvalue weighted by Crippen LogP contribution is -2.55. The van der Waals surface area contributed by atoms with Crippen LogP contribution in [0.5, 0.6) is 5.75 Å². The van der Waals surface area contributed by atoms with Gasteiger partial charge in [-0.1, -0.05) is 18.7 Å². The summed E-state index contributed by atoms with van der Waals surface area (Å²) in [6, 6.07) is 7.85. The number of nitrogens with one attached hydrogen (secondary N) is 2. The molecule has 5 rings (SSSR count). The highest BCUT2D eigenvalue weighted by Gasteiger charge is 2.47. The number of carbonyl (C=O) groups excluding carboxylic acids is 2. The van der Waals surface area contributed by atoms with Gasteiger partial charge in [0, 0.05) is 61.2 Å². The van der Waals surface area contributed by atoms with Crippen LogP contribution in [-0.4, -0.2) is 59.4 Å². The van der Waals surface area contributed by atoms with Crippen LogP contribution < -0.4 is 21.1 Å². The smallest absolute Gasteiger partial charge is 0.410 e. The third-order valence-electron chi connectivity index (χ3n) is 8.53. The fourth-order valence-electron chi connectivity index (χ4n) is 6.22. The second-order valence-corrected chi connectivity index (χ2v) is 13.1. The van der Waals surface area contributed by atoms with E-state index in [1.165, 1.54) is 0 Å². The molecule has 44 heavy (non-hydrogen) atoms. The largest absolute Gasteiger partial charge is 0.492 e. The molecular formula is C34H44N6O4. The minimum atomic E-state index is -0.488. The Kier molecular flexibility index (Phi) is 8.99. The van der Waals surface area contributed by atoms with Crippen molar-refractivity contribution in [2.24, 2.45) is 16.1 Å². The number of hydrogen-bond acceptors (Lipinski definition) is 8. The number of benzene rings is 1. The molecule has 1 aliphatic carbocycles. The molecule has 0 atom stereocenters. The van der Waals surface area contributed by atoms with Crippen LogP contribution in [0.25, 0.3) is 5.57 Å². The summed E-state index contributed by atoms with van der Waals surface area (Å²) in [6.45, 7) is 13.8. The number of ether oxygens (including phenoxy) is 2. The molecule has 0 unspecified atom stereocenters. The van der Waals surface area contributed by atoms with Gasteiger partial charge < -0.3 is 30.7 Å². The first-order valence-corrected chi connectivity index (χ1v) is 15.3. The molecule has 0 radical (unpaired) electrons. The topological polar surface area (TPSA) is 131 Å². The molecule has 0 bridgehead atoms. The molecule has 234 valence electrons. The van der Waals surface area contributed by atoms with Gasteiger partial charge in [0.25, 0.3) is 5.91 Å². The normalized spacial score (nSPS) is 18.0. The number of anilines is 1. The van der Waals surface area contributed by atoms with Gasteiger partial charge in [-0.25, -0.2) is 14.8 Å². The second-order valence-electron chi connectivity index (χ2n) is 13.1. The number of nitrogens with zero attached hydrogens (tertiary/aromatic N) is 3. The molecule has 4 N–H and O–H groups in total. The lowest BCUT2D eigenvalue weighted by Gasteiger charge is -2.52. The number of hydrogen-bond donors (Lipinski definition) is 3. The van der Waals surface area contributed by atoms with Crippen molar-refractivity contribution < 1.29 is 19.1 Å². The van der Waals surface area contributed by atoms with E-state index in [0.29, 0.717) is 31.8 Å². The van der Waals surface area contributed by atoms with Crippen LogP contribution in [0.3, 0.4) is 0 Å². The maximum absolute atomic E-state index is 13.1. The first-order valence-electron chi connectivity index (χ1n) is 15.3. The van der Waals surface area contributed by atoms with Gasteiger partial charge in [-0.05, 0) is 88.1 Å². The molecule has 1 aromatic heterocycles. The number of carbonyl (C=O) groups is 2. The molecule has 10 heteroatoms. The van der Waals surface area contributed by atoms with Crippen molar-refractivity contribution in [3.8, 4) is 5.75 Å². The van der Waals surface area contributed by atoms with Gasteiger partial charge >= 0.3 is 6.09 Å². The Morgan fingerprint density at radius 1 is 1.27 bits per heavy atom. The number of allylic oxidation sites excluding steroid dienone is 2. The van der Waals surface area contributed by atoms with Crippen LogP contribution in [0.4, 0.5) is 10.6 Å². The molecule has 1 saturated heterocycles. The van der Waals surface area contributed by atoms with E-state index in [1.54, 1.807) is 12.4 Å². The van der Waals surface area contributed by atoms with Crippen LogP contribution in [0.1, 0.15) is 80.4 Å². The molecule has 2 aliphatic heterocycles. The minimum Gasteiger partial charge on any atom is -0.492 e. The van der Waals surface area contributed by atoms with Crippen LogP contribution in [0.2, 0.25) is 0 Å². The number of rotatable bonds is 8. The molecule has 1 aromatic carbocycles. The van der Waals surface area contributed by atoms with Gasteiger partial charge in [0.2, 0.25) is 0 Å². The zero-order chi connectivity index (χ0) is 31.5. The van der Waals surface area contributed by atoms with Crippen LogP contribution >= 0.6 is 0 Å². The first-order chi connectivity index (χ1) is 20.9. The maximum atomic E-state index is 13.1. The maximum Gasteiger partial charge on any atom is 0.410 e. The number of piperidine rings is 1. The number of aliphatic imine (C=N–C) groups is 1. The van der Waals surface area contributed by atoms with Crippen molar-refractivity contribution in [1.82, 2.24) is 15.2 Å². The Labute approximate surface area is 259 Å². The van der Waals surface area contributed by atoms with E-state index in [2.05, 4.69) is 27.2 Å². The molecule has 1 spiro atoms. The predicted molar refractivity (Wildman–Crippen MR) is 173 cm³/mol. The van der Waals surface area contributed by atoms with Gasteiger partial charge in [-0.15, -0.1) is 0 Å². The number of pyridine rings is 1. The predicted octanol–water partition coefficient (Wildman–Crippen LogP) is 5.44. The Morgan fingerprint density at radius 2 is 2.02 bits per heavy atom. The highest BCUT2D eigenvalue weighted by atomic mass is 16.6. The Bertz CT molecular complexity index is 1480. The number of fused-ring (bicyclic) bond motifs is 1. The van der Waals surface area contributed by atoms with Crippen molar-refractivity contribution in [3.05, 3.63) is 71.2 Å². The van der Waals surface area contributed by atoms with E-state index in [1.807, 2.05) is 62.9 Å². The molecule has 2 amide bonds. The fraction of sp³-hybridized carbons (Fsp3) is 0.471. The number of nitrogens with two attached hydrogens (primary N) is 1. The van der Waals surface area contributed by atoms with Gasteiger partial charge in [-0.3, -0.25) is 4.79 Å². The average molecular weight is 601 g/mol. The quantitative estimate of drug-likeness (QED) is 0.344. The summed E-state index contributed by atoms with van der Waals surface area (Å²) in [7, 11) is 0. The summed E-state index contributed by atoms with van der Waals surface area (Å²) < 4.78 is 11.5. The summed E-state index contributed by atoms with van der Waals surface area (Å²) in [6.07, 6.45) is 9.59. The zero-order valence-corrected chi connectivity index (χ0v) is 26.2. The van der Waals surface area contributed by atoms with Gasteiger partial charge in [0.15, 0.2) is 0 Å². The summed E-state index contributed by atoms with van der Waals surface area (Å²) in [5.74, 6) is 1.81. The number of likely N-dealkylation sites (tertiary alicyclic amines) is 1. The number of aromatic nitrogens is 1. The first kappa shape index (κ1) is 31.1. The third-order valence-corrected chi connectivity index (χ3v) is 8.53. The van der Waals surface area contributed by atoms with Crippen LogP contribution in [0, 0.1) is 5.41 Å². The molecule has 3 heterocycles.